The molecule has 3 rings (SSSR count). The Balaban J connectivity index is 1.60. The molecule has 5 heteroatoms. The van der Waals surface area contributed by atoms with Crippen molar-refractivity contribution in [2.24, 2.45) is 0 Å². The van der Waals surface area contributed by atoms with Crippen molar-refractivity contribution in [1.82, 2.24) is 10.1 Å². The van der Waals surface area contributed by atoms with Crippen LogP contribution in [-0.4, -0.2) is 16.7 Å². The molecule has 0 radical (unpaired) electrons. The second kappa shape index (κ2) is 5.18. The fourth-order valence-electron chi connectivity index (χ4n) is 1.89. The highest BCUT2D eigenvalue weighted by Gasteiger charge is 2.23. The lowest BCUT2D eigenvalue weighted by Gasteiger charge is -2.02. The number of rotatable bonds is 4. The molecule has 5 nitrogen and oxygen atoms in total. The molecule has 0 bridgehead atoms. The van der Waals surface area contributed by atoms with E-state index in [2.05, 4.69) is 10.1 Å². The summed E-state index contributed by atoms with van der Waals surface area (Å²) >= 11 is 0. The van der Waals surface area contributed by atoms with E-state index in [1.165, 1.54) is 0 Å². The smallest absolute Gasteiger partial charge is 0.255 e. The Labute approximate surface area is 105 Å². The van der Waals surface area contributed by atoms with Gasteiger partial charge >= 0.3 is 0 Å². The summed E-state index contributed by atoms with van der Waals surface area (Å²) in [7, 11) is 0. The van der Waals surface area contributed by atoms with Crippen LogP contribution < -0.4 is 4.74 Å². The van der Waals surface area contributed by atoms with Crippen molar-refractivity contribution < 1.29 is 14.0 Å². The Hall–Kier alpha value is -1.88. The standard InChI is InChI=1S/C13H14N2O3/c1-2-5-10(6-3-1)17-9-12-14-13(18-15-12)11-7-4-8-16-11/h1-3,5-6,11H,4,7-9H2. The van der Waals surface area contributed by atoms with E-state index in [4.69, 9.17) is 14.0 Å². The van der Waals surface area contributed by atoms with Crippen LogP contribution in [-0.2, 0) is 11.3 Å². The molecule has 1 aliphatic heterocycles. The molecule has 1 atom stereocenters. The monoisotopic (exact) mass is 246 g/mol. The Kier molecular flexibility index (Phi) is 3.23. The lowest BCUT2D eigenvalue weighted by molar-refractivity contribution is 0.0835. The summed E-state index contributed by atoms with van der Waals surface area (Å²) in [5, 5.41) is 3.88. The normalized spacial score (nSPS) is 19.0. The van der Waals surface area contributed by atoms with Crippen LogP contribution in [0.25, 0.3) is 0 Å². The van der Waals surface area contributed by atoms with Crippen LogP contribution in [0.15, 0.2) is 34.9 Å². The van der Waals surface area contributed by atoms with Gasteiger partial charge in [-0.05, 0) is 25.0 Å². The van der Waals surface area contributed by atoms with Gasteiger partial charge in [0.15, 0.2) is 6.61 Å². The quantitative estimate of drug-likeness (QED) is 0.829. The number of nitrogens with zero attached hydrogens (tertiary/aromatic N) is 2. The molecule has 1 aromatic carbocycles. The van der Waals surface area contributed by atoms with Crippen molar-refractivity contribution in [2.75, 3.05) is 6.61 Å². The van der Waals surface area contributed by atoms with Gasteiger partial charge in [0, 0.05) is 6.61 Å². The van der Waals surface area contributed by atoms with Crippen molar-refractivity contribution in [3.05, 3.63) is 42.0 Å². The molecular weight excluding hydrogens is 232 g/mol. The summed E-state index contributed by atoms with van der Waals surface area (Å²) in [4.78, 5) is 4.28. The van der Waals surface area contributed by atoms with Gasteiger partial charge in [-0.3, -0.25) is 0 Å². The minimum absolute atomic E-state index is 0.0389. The maximum absolute atomic E-state index is 5.54. The molecular formula is C13H14N2O3. The van der Waals surface area contributed by atoms with Gasteiger partial charge in [0.2, 0.25) is 5.82 Å². The Morgan fingerprint density at radius 2 is 2.17 bits per heavy atom. The lowest BCUT2D eigenvalue weighted by atomic mass is 10.2. The molecule has 0 amide bonds. The zero-order chi connectivity index (χ0) is 12.2. The van der Waals surface area contributed by atoms with E-state index in [0.717, 1.165) is 25.2 Å². The maximum atomic E-state index is 5.54. The SMILES string of the molecule is c1ccc(OCc2noc(C3CCCO3)n2)cc1. The minimum atomic E-state index is -0.0389. The molecule has 0 spiro atoms. The molecule has 1 unspecified atom stereocenters. The molecule has 0 N–H and O–H groups in total. The average Bonchev–Trinajstić information content (AvgIpc) is 3.08. The van der Waals surface area contributed by atoms with Gasteiger partial charge in [0.05, 0.1) is 0 Å². The van der Waals surface area contributed by atoms with Gasteiger partial charge in [-0.25, -0.2) is 0 Å². The molecule has 0 aliphatic carbocycles. The van der Waals surface area contributed by atoms with Crippen LogP contribution in [0.2, 0.25) is 0 Å². The maximum Gasteiger partial charge on any atom is 0.255 e. The van der Waals surface area contributed by atoms with Crippen LogP contribution in [0.3, 0.4) is 0 Å². The number of hydrogen-bond donors (Lipinski definition) is 0. The average molecular weight is 246 g/mol. The van der Waals surface area contributed by atoms with Crippen molar-refractivity contribution in [1.29, 1.82) is 0 Å². The third-order valence-corrected chi connectivity index (χ3v) is 2.80. The van der Waals surface area contributed by atoms with Crippen molar-refractivity contribution in [3.8, 4) is 5.75 Å². The molecule has 18 heavy (non-hydrogen) atoms. The highest BCUT2D eigenvalue weighted by Crippen LogP contribution is 2.26. The number of hydrogen-bond acceptors (Lipinski definition) is 5. The van der Waals surface area contributed by atoms with Gasteiger partial charge in [-0.15, -0.1) is 0 Å². The summed E-state index contributed by atoms with van der Waals surface area (Å²) in [6.45, 7) is 1.07. The summed E-state index contributed by atoms with van der Waals surface area (Å²) in [5.41, 5.74) is 0. The third-order valence-electron chi connectivity index (χ3n) is 2.80. The molecule has 94 valence electrons. The highest BCUT2D eigenvalue weighted by atomic mass is 16.5. The van der Waals surface area contributed by atoms with Crippen LogP contribution >= 0.6 is 0 Å². The predicted octanol–water partition coefficient (Wildman–Crippen LogP) is 2.50. The van der Waals surface area contributed by atoms with Crippen LogP contribution in [0.1, 0.15) is 30.7 Å². The first-order chi connectivity index (χ1) is 8.92. The fourth-order valence-corrected chi connectivity index (χ4v) is 1.89. The van der Waals surface area contributed by atoms with Crippen molar-refractivity contribution in [2.45, 2.75) is 25.6 Å². The second-order valence-corrected chi connectivity index (χ2v) is 4.15. The first kappa shape index (κ1) is 11.2. The van der Waals surface area contributed by atoms with Gasteiger partial charge in [-0.2, -0.15) is 4.98 Å². The largest absolute Gasteiger partial charge is 0.485 e. The Morgan fingerprint density at radius 1 is 1.28 bits per heavy atom. The van der Waals surface area contributed by atoms with E-state index in [1.807, 2.05) is 30.3 Å². The van der Waals surface area contributed by atoms with Crippen LogP contribution in [0.4, 0.5) is 0 Å². The van der Waals surface area contributed by atoms with E-state index >= 15 is 0 Å². The molecule has 1 saturated heterocycles. The van der Waals surface area contributed by atoms with E-state index in [9.17, 15) is 0 Å². The number of ether oxygens (including phenoxy) is 2. The zero-order valence-electron chi connectivity index (χ0n) is 9.91. The van der Waals surface area contributed by atoms with Gasteiger partial charge in [0.25, 0.3) is 5.89 Å². The van der Waals surface area contributed by atoms with E-state index in [-0.39, 0.29) is 6.10 Å². The summed E-state index contributed by atoms with van der Waals surface area (Å²) < 4.78 is 16.2. The van der Waals surface area contributed by atoms with Crippen molar-refractivity contribution >= 4 is 0 Å². The van der Waals surface area contributed by atoms with Gasteiger partial charge in [-0.1, -0.05) is 23.4 Å². The van der Waals surface area contributed by atoms with E-state index in [1.54, 1.807) is 0 Å². The minimum Gasteiger partial charge on any atom is -0.485 e. The molecule has 1 fully saturated rings. The van der Waals surface area contributed by atoms with Crippen molar-refractivity contribution in [3.63, 3.8) is 0 Å². The number of aromatic nitrogens is 2. The first-order valence-corrected chi connectivity index (χ1v) is 6.04. The van der Waals surface area contributed by atoms with E-state index < -0.39 is 0 Å². The fraction of sp³-hybridized carbons (Fsp3) is 0.385. The van der Waals surface area contributed by atoms with Crippen LogP contribution in [0, 0.1) is 0 Å². The third kappa shape index (κ3) is 2.51. The zero-order valence-corrected chi connectivity index (χ0v) is 9.91. The number of benzene rings is 1. The highest BCUT2D eigenvalue weighted by molar-refractivity contribution is 5.20. The van der Waals surface area contributed by atoms with Gasteiger partial charge in [0.1, 0.15) is 11.9 Å². The lowest BCUT2D eigenvalue weighted by Crippen LogP contribution is -1.99. The Bertz CT molecular complexity index is 492. The number of para-hydroxylation sites is 1. The van der Waals surface area contributed by atoms with E-state index in [0.29, 0.717) is 18.3 Å². The molecule has 2 aromatic rings. The Morgan fingerprint density at radius 3 is 2.94 bits per heavy atom. The predicted molar refractivity (Wildman–Crippen MR) is 63.0 cm³/mol. The molecule has 2 heterocycles. The molecule has 0 saturated carbocycles. The topological polar surface area (TPSA) is 57.4 Å². The molecule has 1 aromatic heterocycles. The first-order valence-electron chi connectivity index (χ1n) is 6.04. The van der Waals surface area contributed by atoms with Crippen LogP contribution in [0.5, 0.6) is 5.75 Å². The second-order valence-electron chi connectivity index (χ2n) is 4.15. The molecule has 1 aliphatic rings. The summed E-state index contributed by atoms with van der Waals surface area (Å²) in [5.74, 6) is 1.89. The summed E-state index contributed by atoms with van der Waals surface area (Å²) in [6, 6.07) is 9.56. The van der Waals surface area contributed by atoms with Gasteiger partial charge < -0.3 is 14.0 Å². The summed E-state index contributed by atoms with van der Waals surface area (Å²) in [6.07, 6.45) is 1.95.